The molecule has 0 saturated carbocycles. The van der Waals surface area contributed by atoms with E-state index in [1.165, 1.54) is 0 Å². The number of halogens is 2. The third-order valence-electron chi connectivity index (χ3n) is 1.24. The minimum atomic E-state index is -0.836. The van der Waals surface area contributed by atoms with Crippen LogP contribution in [0.25, 0.3) is 0 Å². The van der Waals surface area contributed by atoms with Gasteiger partial charge in [0.05, 0.1) is 0 Å². The largest absolute Gasteiger partial charge is 0.351 e. The van der Waals surface area contributed by atoms with Crippen LogP contribution in [-0.4, -0.2) is 15.4 Å². The fourth-order valence-corrected chi connectivity index (χ4v) is 1.57. The van der Waals surface area contributed by atoms with Crippen molar-refractivity contribution >= 4 is 44.8 Å². The van der Waals surface area contributed by atoms with E-state index in [1.807, 2.05) is 0 Å². The molecule has 1 rings (SSSR count). The van der Waals surface area contributed by atoms with Crippen LogP contribution in [-0.2, 0) is 4.79 Å². The number of aliphatic hydroxyl groups is 1. The molecule has 0 unspecified atom stereocenters. The summed E-state index contributed by atoms with van der Waals surface area (Å²) in [4.78, 5) is 11.2. The first-order valence-corrected chi connectivity index (χ1v) is 4.97. The fraction of sp³-hybridized carbons (Fsp3) is 0. The van der Waals surface area contributed by atoms with Gasteiger partial charge in [-0.15, -0.1) is 11.4 Å². The summed E-state index contributed by atoms with van der Waals surface area (Å²) in [5.74, 6) is 0. The molecule has 0 fully saturated rings. The highest BCUT2D eigenvalue weighted by Crippen LogP contribution is 2.15. The SMILES string of the molecule is O=C(Cl)C(O)=[SH]c1ccc(Cl)cc1. The number of benzene rings is 1. The molecular weight excluding hydrogens is 231 g/mol. The number of rotatable bonds is 2. The second kappa shape index (κ2) is 4.77. The van der Waals surface area contributed by atoms with E-state index in [0.29, 0.717) is 16.4 Å². The van der Waals surface area contributed by atoms with Gasteiger partial charge in [-0.1, -0.05) is 11.6 Å². The molecule has 0 heterocycles. The molecular formula is C8H6Cl2O2S. The van der Waals surface area contributed by atoms with Gasteiger partial charge in [-0.25, -0.2) is 0 Å². The normalized spacial score (nSPS) is 12.1. The highest BCUT2D eigenvalue weighted by Gasteiger charge is 2.00. The van der Waals surface area contributed by atoms with Crippen molar-refractivity contribution in [2.75, 3.05) is 0 Å². The van der Waals surface area contributed by atoms with Gasteiger partial charge in [-0.3, -0.25) is 4.79 Å². The molecule has 0 saturated heterocycles. The Morgan fingerprint density at radius 2 is 1.85 bits per heavy atom. The summed E-state index contributed by atoms with van der Waals surface area (Å²) in [6.07, 6.45) is 0. The zero-order valence-corrected chi connectivity index (χ0v) is 8.77. The summed E-state index contributed by atoms with van der Waals surface area (Å²) < 4.78 is 0. The number of aliphatic hydroxyl groups excluding tert-OH is 1. The molecule has 0 bridgehead atoms. The minimum Gasteiger partial charge on any atom is -0.351 e. The van der Waals surface area contributed by atoms with Crippen molar-refractivity contribution in [3.63, 3.8) is 0 Å². The lowest BCUT2D eigenvalue weighted by molar-refractivity contribution is -0.106. The van der Waals surface area contributed by atoms with Gasteiger partial charge in [-0.05, 0) is 35.9 Å². The molecule has 1 N–H and O–H groups in total. The fourth-order valence-electron chi connectivity index (χ4n) is 0.682. The summed E-state index contributed by atoms with van der Waals surface area (Å²) >= 11 is 11.1. The zero-order chi connectivity index (χ0) is 9.84. The maximum Gasteiger partial charge on any atom is 0.281 e. The van der Waals surface area contributed by atoms with Gasteiger partial charge in [0.15, 0.2) is 5.05 Å². The molecule has 5 heteroatoms. The third-order valence-corrected chi connectivity index (χ3v) is 2.77. The van der Waals surface area contributed by atoms with Crippen molar-refractivity contribution in [2.24, 2.45) is 0 Å². The van der Waals surface area contributed by atoms with Gasteiger partial charge >= 0.3 is 0 Å². The average Bonchev–Trinajstić information content (AvgIpc) is 2.08. The maximum absolute atomic E-state index is 10.5. The first-order chi connectivity index (χ1) is 6.09. The molecule has 70 valence electrons. The molecule has 0 aliphatic carbocycles. The molecule has 0 aliphatic rings. The van der Waals surface area contributed by atoms with Crippen molar-refractivity contribution in [1.29, 1.82) is 0 Å². The number of carbonyl (C=O) groups is 1. The van der Waals surface area contributed by atoms with E-state index in [0.717, 1.165) is 4.90 Å². The Bertz CT molecular complexity index is 346. The highest BCUT2D eigenvalue weighted by molar-refractivity contribution is 8.00. The van der Waals surface area contributed by atoms with Crippen LogP contribution >= 0.6 is 34.6 Å². The summed E-state index contributed by atoms with van der Waals surface area (Å²) in [7, 11) is 0. The van der Waals surface area contributed by atoms with Crippen molar-refractivity contribution in [1.82, 2.24) is 0 Å². The van der Waals surface area contributed by atoms with E-state index in [9.17, 15) is 4.79 Å². The lowest BCUT2D eigenvalue weighted by Gasteiger charge is -1.95. The van der Waals surface area contributed by atoms with Crippen LogP contribution < -0.4 is 0 Å². The quantitative estimate of drug-likeness (QED) is 0.471. The smallest absolute Gasteiger partial charge is 0.281 e. The van der Waals surface area contributed by atoms with Gasteiger partial charge in [-0.2, -0.15) is 0 Å². The Kier molecular flexibility index (Phi) is 3.93. The summed E-state index contributed by atoms with van der Waals surface area (Å²) in [6.45, 7) is 0. The molecule has 0 spiro atoms. The Balaban J connectivity index is 2.92. The van der Waals surface area contributed by atoms with E-state index < -0.39 is 5.24 Å². The third kappa shape index (κ3) is 3.48. The number of carbonyl (C=O) groups excluding carboxylic acids is 1. The van der Waals surface area contributed by atoms with Gasteiger partial charge in [0.1, 0.15) is 0 Å². The molecule has 2 nitrogen and oxygen atoms in total. The zero-order valence-electron chi connectivity index (χ0n) is 6.37. The van der Waals surface area contributed by atoms with Crippen molar-refractivity contribution < 1.29 is 9.90 Å². The van der Waals surface area contributed by atoms with E-state index in [4.69, 9.17) is 28.3 Å². The Hall–Kier alpha value is -0.350. The second-order valence-electron chi connectivity index (χ2n) is 2.19. The predicted octanol–water partition coefficient (Wildman–Crippen LogP) is 2.62. The average molecular weight is 237 g/mol. The second-order valence-corrected chi connectivity index (χ2v) is 4.13. The van der Waals surface area contributed by atoms with Gasteiger partial charge < -0.3 is 5.11 Å². The van der Waals surface area contributed by atoms with Gasteiger partial charge in [0, 0.05) is 9.92 Å². The Morgan fingerprint density at radius 3 is 2.31 bits per heavy atom. The van der Waals surface area contributed by atoms with Crippen molar-refractivity contribution in [2.45, 2.75) is 4.90 Å². The van der Waals surface area contributed by atoms with Gasteiger partial charge in [0.2, 0.25) is 0 Å². The van der Waals surface area contributed by atoms with Crippen LogP contribution in [0.4, 0.5) is 0 Å². The van der Waals surface area contributed by atoms with Crippen LogP contribution in [0.2, 0.25) is 5.02 Å². The first kappa shape index (κ1) is 10.7. The number of thiol groups is 1. The highest BCUT2D eigenvalue weighted by atomic mass is 35.5. The lowest BCUT2D eigenvalue weighted by atomic mass is 10.4. The lowest BCUT2D eigenvalue weighted by Crippen LogP contribution is -2.02. The minimum absolute atomic E-state index is 0.385. The Labute approximate surface area is 89.1 Å². The van der Waals surface area contributed by atoms with E-state index in [1.54, 1.807) is 24.3 Å². The molecule has 1 aromatic rings. The summed E-state index contributed by atoms with van der Waals surface area (Å²) in [6, 6.07) is 6.77. The molecule has 0 atom stereocenters. The summed E-state index contributed by atoms with van der Waals surface area (Å²) in [5.41, 5.74) is 0. The maximum atomic E-state index is 10.5. The van der Waals surface area contributed by atoms with Crippen LogP contribution in [0.15, 0.2) is 29.2 Å². The standard InChI is InChI=1S/C8H6Cl2O2S/c9-5-1-3-6(4-2-5)13-8(12)7(10)11/h1-4,12-13H. The Morgan fingerprint density at radius 1 is 1.31 bits per heavy atom. The molecule has 1 aromatic carbocycles. The number of hydrogen-bond acceptors (Lipinski definition) is 1. The monoisotopic (exact) mass is 236 g/mol. The predicted molar refractivity (Wildman–Crippen MR) is 57.2 cm³/mol. The van der Waals surface area contributed by atoms with E-state index in [2.05, 4.69) is 0 Å². The van der Waals surface area contributed by atoms with Gasteiger partial charge in [0.25, 0.3) is 5.24 Å². The molecule has 0 aromatic heterocycles. The van der Waals surface area contributed by atoms with Crippen molar-refractivity contribution in [3.05, 3.63) is 29.3 Å². The van der Waals surface area contributed by atoms with E-state index in [-0.39, 0.29) is 5.05 Å². The van der Waals surface area contributed by atoms with Crippen LogP contribution in [0.3, 0.4) is 0 Å². The topological polar surface area (TPSA) is 37.3 Å². The molecule has 0 aliphatic heterocycles. The number of hydrogen-bond donors (Lipinski definition) is 2. The molecule has 0 radical (unpaired) electrons. The molecule has 0 amide bonds. The van der Waals surface area contributed by atoms with E-state index >= 15 is 0 Å². The summed E-state index contributed by atoms with van der Waals surface area (Å²) in [5, 5.41) is 8.42. The molecule has 13 heavy (non-hydrogen) atoms. The van der Waals surface area contributed by atoms with Crippen LogP contribution in [0.1, 0.15) is 0 Å². The van der Waals surface area contributed by atoms with Crippen LogP contribution in [0, 0.1) is 0 Å². The first-order valence-electron chi connectivity index (χ1n) is 3.32. The van der Waals surface area contributed by atoms with Crippen molar-refractivity contribution in [3.8, 4) is 0 Å². The van der Waals surface area contributed by atoms with Crippen LogP contribution in [0.5, 0.6) is 0 Å².